The third kappa shape index (κ3) is 2.37. The molecular formula is C21H16N4O. The van der Waals surface area contributed by atoms with E-state index < -0.39 is 0 Å². The third-order valence-corrected chi connectivity index (χ3v) is 4.83. The summed E-state index contributed by atoms with van der Waals surface area (Å²) >= 11 is 0. The Kier molecular flexibility index (Phi) is 3.31. The van der Waals surface area contributed by atoms with Gasteiger partial charge in [-0.25, -0.2) is 0 Å². The second-order valence-corrected chi connectivity index (χ2v) is 6.41. The summed E-state index contributed by atoms with van der Waals surface area (Å²) in [4.78, 5) is 4.49. The normalized spacial score (nSPS) is 15.9. The second kappa shape index (κ2) is 5.81. The molecule has 5 nitrogen and oxygen atoms in total. The number of pyridine rings is 1. The van der Waals surface area contributed by atoms with Gasteiger partial charge in [0.25, 0.3) is 0 Å². The summed E-state index contributed by atoms with van der Waals surface area (Å²) in [6.45, 7) is 0. The van der Waals surface area contributed by atoms with Crippen LogP contribution in [0, 0.1) is 0 Å². The predicted octanol–water partition coefficient (Wildman–Crippen LogP) is 4.34. The lowest BCUT2D eigenvalue weighted by molar-refractivity contribution is 0.475. The van der Waals surface area contributed by atoms with E-state index in [0.717, 1.165) is 34.7 Å². The molecule has 0 fully saturated rings. The zero-order chi connectivity index (χ0) is 17.5. The number of para-hydroxylation sites is 1. The van der Waals surface area contributed by atoms with Crippen LogP contribution in [0.4, 0.5) is 5.69 Å². The van der Waals surface area contributed by atoms with Crippen molar-refractivity contribution in [3.8, 4) is 16.9 Å². The van der Waals surface area contributed by atoms with Gasteiger partial charge in [-0.1, -0.05) is 30.3 Å². The highest BCUT2D eigenvalue weighted by molar-refractivity contribution is 5.72. The summed E-state index contributed by atoms with van der Waals surface area (Å²) in [5.74, 6) is 1.34. The lowest BCUT2D eigenvalue weighted by atomic mass is 9.92. The van der Waals surface area contributed by atoms with Gasteiger partial charge in [0.05, 0.1) is 11.6 Å². The molecule has 1 atom stereocenters. The van der Waals surface area contributed by atoms with E-state index in [1.165, 1.54) is 5.56 Å². The first kappa shape index (κ1) is 14.8. The Hall–Kier alpha value is -3.47. The molecule has 0 aliphatic carbocycles. The van der Waals surface area contributed by atoms with E-state index in [2.05, 4.69) is 27.3 Å². The van der Waals surface area contributed by atoms with Crippen LogP contribution in [-0.4, -0.2) is 25.9 Å². The number of aliphatic imine (C=N–C) groups is 1. The van der Waals surface area contributed by atoms with Gasteiger partial charge in [0.1, 0.15) is 11.6 Å². The lowest BCUT2D eigenvalue weighted by Crippen LogP contribution is -2.10. The molecule has 0 spiro atoms. The van der Waals surface area contributed by atoms with Crippen LogP contribution < -0.4 is 0 Å². The molecule has 1 unspecified atom stereocenters. The fraction of sp³-hybridized carbons (Fsp3) is 0.0952. The molecule has 4 aromatic rings. The van der Waals surface area contributed by atoms with Crippen molar-refractivity contribution >= 4 is 17.5 Å². The number of hydrogen-bond acceptors (Lipinski definition) is 4. The van der Waals surface area contributed by atoms with Gasteiger partial charge in [0.15, 0.2) is 5.65 Å². The SMILES string of the molecule is Oc1ccc(-c2ccn3c(C4CC=Nc5ccccc54)nnc3c2)cc1. The highest BCUT2D eigenvalue weighted by Crippen LogP contribution is 2.36. The Morgan fingerprint density at radius 1 is 0.923 bits per heavy atom. The minimum atomic E-state index is 0.151. The molecule has 1 aliphatic heterocycles. The molecule has 1 N–H and O–H groups in total. The number of phenols is 1. The fourth-order valence-electron chi connectivity index (χ4n) is 3.51. The van der Waals surface area contributed by atoms with Crippen molar-refractivity contribution < 1.29 is 5.11 Å². The number of hydrogen-bond donors (Lipinski definition) is 1. The average molecular weight is 340 g/mol. The number of nitrogens with zero attached hydrogens (tertiary/aromatic N) is 4. The summed E-state index contributed by atoms with van der Waals surface area (Å²) in [5, 5.41) is 18.3. The van der Waals surface area contributed by atoms with Crippen molar-refractivity contribution in [2.24, 2.45) is 4.99 Å². The van der Waals surface area contributed by atoms with Gasteiger partial charge in [-0.2, -0.15) is 0 Å². The third-order valence-electron chi connectivity index (χ3n) is 4.83. The minimum Gasteiger partial charge on any atom is -0.508 e. The number of aromatic hydroxyl groups is 1. The number of fused-ring (bicyclic) bond motifs is 2. The number of phenolic OH excluding ortho intramolecular Hbond substituents is 1. The summed E-state index contributed by atoms with van der Waals surface area (Å²) in [6.07, 6.45) is 4.79. The van der Waals surface area contributed by atoms with E-state index in [1.807, 2.05) is 53.2 Å². The van der Waals surface area contributed by atoms with Crippen LogP contribution >= 0.6 is 0 Å². The molecule has 26 heavy (non-hydrogen) atoms. The van der Waals surface area contributed by atoms with Crippen molar-refractivity contribution in [1.82, 2.24) is 14.6 Å². The summed E-state index contributed by atoms with van der Waals surface area (Å²) in [5.41, 5.74) is 5.07. The van der Waals surface area contributed by atoms with Crippen LogP contribution in [0.15, 0.2) is 71.9 Å². The molecule has 0 saturated heterocycles. The molecule has 0 radical (unpaired) electrons. The Morgan fingerprint density at radius 3 is 2.65 bits per heavy atom. The lowest BCUT2D eigenvalue weighted by Gasteiger charge is -2.19. The van der Waals surface area contributed by atoms with Gasteiger partial charge in [0.2, 0.25) is 0 Å². The maximum absolute atomic E-state index is 9.47. The van der Waals surface area contributed by atoms with Crippen molar-refractivity contribution in [2.45, 2.75) is 12.3 Å². The van der Waals surface area contributed by atoms with Crippen LogP contribution in [0.1, 0.15) is 23.7 Å². The first-order valence-electron chi connectivity index (χ1n) is 8.55. The minimum absolute atomic E-state index is 0.151. The molecule has 3 heterocycles. The molecule has 5 heteroatoms. The maximum atomic E-state index is 9.47. The van der Waals surface area contributed by atoms with E-state index in [4.69, 9.17) is 0 Å². The monoisotopic (exact) mass is 340 g/mol. The number of benzene rings is 2. The fourth-order valence-corrected chi connectivity index (χ4v) is 3.51. The predicted molar refractivity (Wildman–Crippen MR) is 101 cm³/mol. The molecule has 1 aliphatic rings. The quantitative estimate of drug-likeness (QED) is 0.590. The molecule has 2 aromatic carbocycles. The van der Waals surface area contributed by atoms with Gasteiger partial charge in [-0.05, 0) is 53.4 Å². The second-order valence-electron chi connectivity index (χ2n) is 6.41. The van der Waals surface area contributed by atoms with Crippen molar-refractivity contribution in [2.75, 3.05) is 0 Å². The maximum Gasteiger partial charge on any atom is 0.161 e. The first-order valence-corrected chi connectivity index (χ1v) is 8.55. The zero-order valence-corrected chi connectivity index (χ0v) is 13.9. The highest BCUT2D eigenvalue weighted by atomic mass is 16.3. The van der Waals surface area contributed by atoms with E-state index in [-0.39, 0.29) is 11.7 Å². The standard InChI is InChI=1S/C21H16N4O/c26-16-7-5-14(6-8-16)15-10-12-25-20(13-15)23-24-21(25)18-9-11-22-19-4-2-1-3-17(18)19/h1-8,10-13,18,26H,9H2. The smallest absolute Gasteiger partial charge is 0.161 e. The van der Waals surface area contributed by atoms with Crippen molar-refractivity contribution in [1.29, 1.82) is 0 Å². The van der Waals surface area contributed by atoms with Gasteiger partial charge in [-0.15, -0.1) is 10.2 Å². The number of rotatable bonds is 2. The summed E-state index contributed by atoms with van der Waals surface area (Å²) in [7, 11) is 0. The summed E-state index contributed by atoms with van der Waals surface area (Å²) < 4.78 is 2.05. The molecule has 0 bridgehead atoms. The molecule has 0 amide bonds. The Balaban J connectivity index is 1.59. The molecule has 5 rings (SSSR count). The van der Waals surface area contributed by atoms with Crippen LogP contribution in [0.5, 0.6) is 5.75 Å². The van der Waals surface area contributed by atoms with Crippen LogP contribution in [0.3, 0.4) is 0 Å². The van der Waals surface area contributed by atoms with Crippen molar-refractivity contribution in [3.63, 3.8) is 0 Å². The van der Waals surface area contributed by atoms with Gasteiger partial charge >= 0.3 is 0 Å². The Morgan fingerprint density at radius 2 is 1.77 bits per heavy atom. The van der Waals surface area contributed by atoms with E-state index in [9.17, 15) is 5.11 Å². The van der Waals surface area contributed by atoms with E-state index in [0.29, 0.717) is 0 Å². The van der Waals surface area contributed by atoms with Crippen LogP contribution in [0.25, 0.3) is 16.8 Å². The average Bonchev–Trinajstić information content (AvgIpc) is 3.11. The highest BCUT2D eigenvalue weighted by Gasteiger charge is 2.24. The largest absolute Gasteiger partial charge is 0.508 e. The molecular weight excluding hydrogens is 324 g/mol. The van der Waals surface area contributed by atoms with Gasteiger partial charge < -0.3 is 5.11 Å². The molecule has 0 saturated carbocycles. The van der Waals surface area contributed by atoms with Gasteiger partial charge in [-0.3, -0.25) is 9.39 Å². The molecule has 2 aromatic heterocycles. The zero-order valence-electron chi connectivity index (χ0n) is 13.9. The van der Waals surface area contributed by atoms with Crippen LogP contribution in [0.2, 0.25) is 0 Å². The van der Waals surface area contributed by atoms with Crippen molar-refractivity contribution in [3.05, 3.63) is 78.2 Å². The van der Waals surface area contributed by atoms with E-state index in [1.54, 1.807) is 12.1 Å². The Labute approximate surface area is 150 Å². The Bertz CT molecular complexity index is 1130. The first-order chi connectivity index (χ1) is 12.8. The topological polar surface area (TPSA) is 62.8 Å². The van der Waals surface area contributed by atoms with Gasteiger partial charge in [0, 0.05) is 12.4 Å². The van der Waals surface area contributed by atoms with E-state index >= 15 is 0 Å². The summed E-state index contributed by atoms with van der Waals surface area (Å²) in [6, 6.07) is 19.4. The van der Waals surface area contributed by atoms with Crippen LogP contribution in [-0.2, 0) is 0 Å². The number of aromatic nitrogens is 3. The molecule has 126 valence electrons.